The van der Waals surface area contributed by atoms with Gasteiger partial charge in [-0.3, -0.25) is 4.79 Å². The molecule has 0 amide bonds. The third kappa shape index (κ3) is 3.55. The third-order valence-corrected chi connectivity index (χ3v) is 1.93. The molecule has 0 aromatic heterocycles. The first-order valence-electron chi connectivity index (χ1n) is 4.70. The molecular formula is C11H10FN3O. The SMILES string of the molecule is [N-]=[N+]=NCCC=Cc1cc(F)ccc1C=O. The van der Waals surface area contributed by atoms with Crippen LogP contribution in [-0.2, 0) is 0 Å². The van der Waals surface area contributed by atoms with E-state index in [-0.39, 0.29) is 5.82 Å². The van der Waals surface area contributed by atoms with Gasteiger partial charge in [-0.25, -0.2) is 4.39 Å². The zero-order chi connectivity index (χ0) is 11.8. The van der Waals surface area contributed by atoms with E-state index in [1.54, 1.807) is 12.2 Å². The van der Waals surface area contributed by atoms with Crippen molar-refractivity contribution < 1.29 is 9.18 Å². The Bertz CT molecular complexity index is 451. The van der Waals surface area contributed by atoms with Crippen LogP contribution < -0.4 is 0 Å². The lowest BCUT2D eigenvalue weighted by atomic mass is 10.1. The molecule has 0 bridgehead atoms. The molecule has 0 heterocycles. The van der Waals surface area contributed by atoms with E-state index in [9.17, 15) is 9.18 Å². The number of azide groups is 1. The Morgan fingerprint density at radius 2 is 2.25 bits per heavy atom. The molecule has 1 rings (SSSR count). The molecule has 4 nitrogen and oxygen atoms in total. The number of rotatable bonds is 5. The van der Waals surface area contributed by atoms with E-state index < -0.39 is 0 Å². The molecule has 1 aromatic carbocycles. The van der Waals surface area contributed by atoms with Crippen LogP contribution in [0.25, 0.3) is 16.5 Å². The fraction of sp³-hybridized carbons (Fsp3) is 0.182. The predicted octanol–water partition coefficient (Wildman–Crippen LogP) is 3.35. The summed E-state index contributed by atoms with van der Waals surface area (Å²) in [6.07, 6.45) is 4.60. The van der Waals surface area contributed by atoms with Gasteiger partial charge >= 0.3 is 0 Å². The van der Waals surface area contributed by atoms with E-state index in [0.29, 0.717) is 30.4 Å². The molecule has 0 spiro atoms. The largest absolute Gasteiger partial charge is 0.298 e. The molecule has 0 unspecified atom stereocenters. The van der Waals surface area contributed by atoms with Crippen LogP contribution in [0.1, 0.15) is 22.3 Å². The standard InChI is InChI=1S/C11H10FN3O/c12-11-5-4-10(8-16)9(7-11)3-1-2-6-14-15-13/h1,3-5,7-8H,2,6H2. The summed E-state index contributed by atoms with van der Waals surface area (Å²) in [6.45, 7) is 0.346. The highest BCUT2D eigenvalue weighted by Gasteiger charge is 1.99. The van der Waals surface area contributed by atoms with Crippen molar-refractivity contribution in [1.29, 1.82) is 0 Å². The Labute approximate surface area is 92.0 Å². The Hall–Kier alpha value is -2.13. The van der Waals surface area contributed by atoms with Crippen LogP contribution >= 0.6 is 0 Å². The van der Waals surface area contributed by atoms with Crippen LogP contribution in [0.2, 0.25) is 0 Å². The van der Waals surface area contributed by atoms with Crippen LogP contribution in [0.4, 0.5) is 4.39 Å². The van der Waals surface area contributed by atoms with Crippen LogP contribution in [0, 0.1) is 5.82 Å². The van der Waals surface area contributed by atoms with Crippen molar-refractivity contribution in [1.82, 2.24) is 0 Å². The highest BCUT2D eigenvalue weighted by atomic mass is 19.1. The third-order valence-electron chi connectivity index (χ3n) is 1.93. The zero-order valence-corrected chi connectivity index (χ0v) is 8.51. The molecule has 0 aliphatic carbocycles. The first-order valence-corrected chi connectivity index (χ1v) is 4.70. The maximum atomic E-state index is 12.9. The van der Waals surface area contributed by atoms with Crippen molar-refractivity contribution in [3.63, 3.8) is 0 Å². The first kappa shape index (κ1) is 11.9. The van der Waals surface area contributed by atoms with E-state index in [4.69, 9.17) is 5.53 Å². The van der Waals surface area contributed by atoms with Crippen molar-refractivity contribution in [3.05, 3.63) is 51.7 Å². The minimum atomic E-state index is -0.389. The average Bonchev–Trinajstić information content (AvgIpc) is 2.29. The molecule has 0 fully saturated rings. The Morgan fingerprint density at radius 1 is 1.44 bits per heavy atom. The lowest BCUT2D eigenvalue weighted by Gasteiger charge is -1.98. The lowest BCUT2D eigenvalue weighted by molar-refractivity contribution is 0.112. The summed E-state index contributed by atoms with van der Waals surface area (Å²) in [4.78, 5) is 13.3. The molecule has 0 saturated heterocycles. The Kier molecular flexibility index (Phi) is 4.76. The minimum Gasteiger partial charge on any atom is -0.298 e. The molecule has 0 radical (unpaired) electrons. The second-order valence-electron chi connectivity index (χ2n) is 3.04. The van der Waals surface area contributed by atoms with Crippen LogP contribution in [-0.4, -0.2) is 12.8 Å². The van der Waals surface area contributed by atoms with Crippen molar-refractivity contribution in [3.8, 4) is 0 Å². The summed E-state index contributed by atoms with van der Waals surface area (Å²) in [5, 5.41) is 3.35. The van der Waals surface area contributed by atoms with E-state index in [2.05, 4.69) is 10.0 Å². The molecular weight excluding hydrogens is 209 g/mol. The normalized spacial score (nSPS) is 10.1. The number of halogens is 1. The van der Waals surface area contributed by atoms with Gasteiger partial charge in [0.05, 0.1) is 0 Å². The Morgan fingerprint density at radius 3 is 2.94 bits per heavy atom. The number of benzene rings is 1. The van der Waals surface area contributed by atoms with E-state index >= 15 is 0 Å². The summed E-state index contributed by atoms with van der Waals surface area (Å²) < 4.78 is 12.9. The van der Waals surface area contributed by atoms with Gasteiger partial charge in [0.2, 0.25) is 0 Å². The van der Waals surface area contributed by atoms with Crippen LogP contribution in [0.3, 0.4) is 0 Å². The average molecular weight is 219 g/mol. The summed E-state index contributed by atoms with van der Waals surface area (Å²) in [7, 11) is 0. The molecule has 0 aliphatic heterocycles. The zero-order valence-electron chi connectivity index (χ0n) is 8.51. The van der Waals surface area contributed by atoms with Gasteiger partial charge in [0, 0.05) is 17.0 Å². The second-order valence-corrected chi connectivity index (χ2v) is 3.04. The number of nitrogens with zero attached hydrogens (tertiary/aromatic N) is 3. The number of aldehydes is 1. The van der Waals surface area contributed by atoms with Gasteiger partial charge in [0.1, 0.15) is 5.82 Å². The molecule has 0 N–H and O–H groups in total. The van der Waals surface area contributed by atoms with Gasteiger partial charge in [-0.2, -0.15) is 0 Å². The summed E-state index contributed by atoms with van der Waals surface area (Å²) >= 11 is 0. The number of carbonyl (C=O) groups excluding carboxylic acids is 1. The maximum absolute atomic E-state index is 12.9. The monoisotopic (exact) mass is 219 g/mol. The predicted molar refractivity (Wildman–Crippen MR) is 59.5 cm³/mol. The summed E-state index contributed by atoms with van der Waals surface area (Å²) in [5.41, 5.74) is 9.00. The summed E-state index contributed by atoms with van der Waals surface area (Å²) in [6, 6.07) is 3.95. The molecule has 0 aliphatic rings. The fourth-order valence-electron chi connectivity index (χ4n) is 1.18. The fourth-order valence-corrected chi connectivity index (χ4v) is 1.18. The van der Waals surface area contributed by atoms with Crippen molar-refractivity contribution in [2.45, 2.75) is 6.42 Å². The smallest absolute Gasteiger partial charge is 0.150 e. The molecule has 5 heteroatoms. The van der Waals surface area contributed by atoms with Gasteiger partial charge in [-0.1, -0.05) is 17.3 Å². The van der Waals surface area contributed by atoms with E-state index in [1.165, 1.54) is 18.2 Å². The minimum absolute atomic E-state index is 0.346. The van der Waals surface area contributed by atoms with Crippen LogP contribution in [0.5, 0.6) is 0 Å². The molecule has 0 saturated carbocycles. The molecule has 1 aromatic rings. The second kappa shape index (κ2) is 6.37. The highest BCUT2D eigenvalue weighted by molar-refractivity contribution is 5.81. The van der Waals surface area contributed by atoms with Crippen molar-refractivity contribution in [2.75, 3.05) is 6.54 Å². The van der Waals surface area contributed by atoms with Gasteiger partial charge in [-0.05, 0) is 35.7 Å². The Balaban J connectivity index is 2.74. The molecule has 0 atom stereocenters. The van der Waals surface area contributed by atoms with Crippen molar-refractivity contribution >= 4 is 12.4 Å². The quantitative estimate of drug-likeness (QED) is 0.246. The number of hydrogen-bond donors (Lipinski definition) is 0. The lowest BCUT2D eigenvalue weighted by Crippen LogP contribution is -1.87. The van der Waals surface area contributed by atoms with Gasteiger partial charge in [0.25, 0.3) is 0 Å². The number of carbonyl (C=O) groups is 1. The van der Waals surface area contributed by atoms with Crippen LogP contribution in [0.15, 0.2) is 29.4 Å². The summed E-state index contributed by atoms with van der Waals surface area (Å²) in [5.74, 6) is -0.389. The van der Waals surface area contributed by atoms with Gasteiger partial charge < -0.3 is 0 Å². The van der Waals surface area contributed by atoms with Gasteiger partial charge in [-0.15, -0.1) is 0 Å². The number of hydrogen-bond acceptors (Lipinski definition) is 2. The van der Waals surface area contributed by atoms with E-state index in [1.807, 2.05) is 0 Å². The van der Waals surface area contributed by atoms with E-state index in [0.717, 1.165) is 0 Å². The first-order chi connectivity index (χ1) is 7.77. The topological polar surface area (TPSA) is 65.8 Å². The van der Waals surface area contributed by atoms with Crippen molar-refractivity contribution in [2.24, 2.45) is 5.11 Å². The maximum Gasteiger partial charge on any atom is 0.150 e. The molecule has 16 heavy (non-hydrogen) atoms. The van der Waals surface area contributed by atoms with Gasteiger partial charge in [0.15, 0.2) is 6.29 Å². The highest BCUT2D eigenvalue weighted by Crippen LogP contribution is 2.11. The molecule has 82 valence electrons.